The number of nitrogens with one attached hydrogen (secondary N) is 1. The second-order valence-electron chi connectivity index (χ2n) is 4.21. The highest BCUT2D eigenvalue weighted by Gasteiger charge is 2.11. The van der Waals surface area contributed by atoms with Gasteiger partial charge in [-0.1, -0.05) is 0 Å². The fourth-order valence-corrected chi connectivity index (χ4v) is 2.15. The number of nitrogen functional groups attached to an aromatic ring is 1. The molecule has 0 saturated carbocycles. The summed E-state index contributed by atoms with van der Waals surface area (Å²) in [7, 11) is -0.884. The lowest BCUT2D eigenvalue weighted by Gasteiger charge is -2.13. The molecule has 2 unspecified atom stereocenters. The Morgan fingerprint density at radius 1 is 1.50 bits per heavy atom. The standard InChI is InChI=1S/C12H17FN2O2S/c1-8(3-4-18(2)17)15-12(16)9-5-10(13)7-11(14)6-9/h5-8H,3-4,14H2,1-2H3,(H,15,16). The highest BCUT2D eigenvalue weighted by Crippen LogP contribution is 2.11. The highest BCUT2D eigenvalue weighted by atomic mass is 32.2. The van der Waals surface area contributed by atoms with Crippen LogP contribution >= 0.6 is 0 Å². The molecule has 0 spiro atoms. The molecule has 0 aliphatic heterocycles. The van der Waals surface area contributed by atoms with E-state index in [1.807, 2.05) is 6.92 Å². The number of amides is 1. The zero-order valence-corrected chi connectivity index (χ0v) is 11.2. The Kier molecular flexibility index (Phi) is 5.27. The summed E-state index contributed by atoms with van der Waals surface area (Å²) in [5, 5.41) is 2.71. The van der Waals surface area contributed by atoms with E-state index in [1.54, 1.807) is 6.26 Å². The number of halogens is 1. The first kappa shape index (κ1) is 14.6. The van der Waals surface area contributed by atoms with Gasteiger partial charge in [0.15, 0.2) is 0 Å². The highest BCUT2D eigenvalue weighted by molar-refractivity contribution is 7.84. The first-order valence-electron chi connectivity index (χ1n) is 5.55. The summed E-state index contributed by atoms with van der Waals surface area (Å²) in [5.74, 6) is -0.398. The van der Waals surface area contributed by atoms with Crippen LogP contribution in [0, 0.1) is 5.82 Å². The minimum atomic E-state index is -0.884. The number of anilines is 1. The number of hydrogen-bond donors (Lipinski definition) is 2. The van der Waals surface area contributed by atoms with E-state index in [1.165, 1.54) is 6.07 Å². The predicted octanol–water partition coefficient (Wildman–Crippen LogP) is 1.29. The molecule has 0 fully saturated rings. The fourth-order valence-electron chi connectivity index (χ4n) is 1.47. The van der Waals surface area contributed by atoms with Gasteiger partial charge in [0.2, 0.25) is 0 Å². The van der Waals surface area contributed by atoms with E-state index in [4.69, 9.17) is 5.73 Å². The van der Waals surface area contributed by atoms with Crippen LogP contribution in [0.25, 0.3) is 0 Å². The van der Waals surface area contributed by atoms with Crippen LogP contribution in [0.2, 0.25) is 0 Å². The van der Waals surface area contributed by atoms with Gasteiger partial charge in [-0.3, -0.25) is 9.00 Å². The SMILES string of the molecule is CC(CCS(C)=O)NC(=O)c1cc(N)cc(F)c1. The summed E-state index contributed by atoms with van der Waals surface area (Å²) in [6.45, 7) is 1.81. The van der Waals surface area contributed by atoms with Crippen LogP contribution in [0.1, 0.15) is 23.7 Å². The maximum absolute atomic E-state index is 13.1. The van der Waals surface area contributed by atoms with Crippen molar-refractivity contribution < 1.29 is 13.4 Å². The first-order valence-corrected chi connectivity index (χ1v) is 7.28. The van der Waals surface area contributed by atoms with E-state index in [0.717, 1.165) is 12.1 Å². The Labute approximate surface area is 108 Å². The number of benzene rings is 1. The maximum Gasteiger partial charge on any atom is 0.251 e. The van der Waals surface area contributed by atoms with E-state index in [2.05, 4.69) is 5.32 Å². The summed E-state index contributed by atoms with van der Waals surface area (Å²) in [6, 6.07) is 3.59. The van der Waals surface area contributed by atoms with Crippen LogP contribution in [-0.4, -0.2) is 28.2 Å². The molecular weight excluding hydrogens is 255 g/mol. The monoisotopic (exact) mass is 272 g/mol. The zero-order chi connectivity index (χ0) is 13.7. The summed E-state index contributed by atoms with van der Waals surface area (Å²) >= 11 is 0. The third-order valence-electron chi connectivity index (χ3n) is 2.40. The van der Waals surface area contributed by atoms with Gasteiger partial charge in [0.25, 0.3) is 5.91 Å². The van der Waals surface area contributed by atoms with Crippen LogP contribution in [-0.2, 0) is 10.8 Å². The van der Waals surface area contributed by atoms with Crippen molar-refractivity contribution in [2.24, 2.45) is 0 Å². The summed E-state index contributed by atoms with van der Waals surface area (Å²) < 4.78 is 24.0. The van der Waals surface area contributed by atoms with Crippen LogP contribution in [0.5, 0.6) is 0 Å². The molecule has 0 bridgehead atoms. The second kappa shape index (κ2) is 6.49. The van der Waals surface area contributed by atoms with Gasteiger partial charge in [-0.2, -0.15) is 0 Å². The Balaban J connectivity index is 2.61. The molecule has 2 atom stereocenters. The molecule has 0 radical (unpaired) electrons. The zero-order valence-electron chi connectivity index (χ0n) is 10.4. The van der Waals surface area contributed by atoms with Gasteiger partial charge in [-0.15, -0.1) is 0 Å². The smallest absolute Gasteiger partial charge is 0.251 e. The van der Waals surface area contributed by atoms with Crippen molar-refractivity contribution >= 4 is 22.4 Å². The van der Waals surface area contributed by atoms with Gasteiger partial charge in [0, 0.05) is 40.1 Å². The van der Waals surface area contributed by atoms with Gasteiger partial charge in [-0.25, -0.2) is 4.39 Å². The third-order valence-corrected chi connectivity index (χ3v) is 3.21. The fraction of sp³-hybridized carbons (Fsp3) is 0.417. The summed E-state index contributed by atoms with van der Waals surface area (Å²) in [6.07, 6.45) is 2.22. The van der Waals surface area contributed by atoms with E-state index in [9.17, 15) is 13.4 Å². The summed E-state index contributed by atoms with van der Waals surface area (Å²) in [5.41, 5.74) is 5.87. The summed E-state index contributed by atoms with van der Waals surface area (Å²) in [4.78, 5) is 11.8. The van der Waals surface area contributed by atoms with E-state index < -0.39 is 16.6 Å². The van der Waals surface area contributed by atoms with E-state index in [-0.39, 0.29) is 23.2 Å². The molecule has 4 nitrogen and oxygen atoms in total. The Morgan fingerprint density at radius 3 is 2.72 bits per heavy atom. The topological polar surface area (TPSA) is 72.2 Å². The third kappa shape index (κ3) is 4.83. The number of carbonyl (C=O) groups is 1. The van der Waals surface area contributed by atoms with Crippen molar-refractivity contribution in [1.82, 2.24) is 5.32 Å². The Morgan fingerprint density at radius 2 is 2.17 bits per heavy atom. The molecule has 1 aromatic rings. The van der Waals surface area contributed by atoms with Crippen LogP contribution < -0.4 is 11.1 Å². The minimum absolute atomic E-state index is 0.120. The number of carbonyl (C=O) groups excluding carboxylic acids is 1. The lowest BCUT2D eigenvalue weighted by Crippen LogP contribution is -2.33. The molecule has 0 heterocycles. The average Bonchev–Trinajstić information content (AvgIpc) is 2.25. The second-order valence-corrected chi connectivity index (χ2v) is 5.77. The molecule has 0 aromatic heterocycles. The molecule has 0 aliphatic rings. The van der Waals surface area contributed by atoms with Gasteiger partial charge in [0.1, 0.15) is 5.82 Å². The number of hydrogen-bond acceptors (Lipinski definition) is 3. The van der Waals surface area contributed by atoms with E-state index >= 15 is 0 Å². The molecule has 1 amide bonds. The molecule has 3 N–H and O–H groups in total. The van der Waals surface area contributed by atoms with Gasteiger partial charge in [-0.05, 0) is 31.5 Å². The molecule has 6 heteroatoms. The van der Waals surface area contributed by atoms with E-state index in [0.29, 0.717) is 12.2 Å². The normalized spacial score (nSPS) is 13.9. The molecule has 0 saturated heterocycles. The van der Waals surface area contributed by atoms with Crippen molar-refractivity contribution in [3.63, 3.8) is 0 Å². The van der Waals surface area contributed by atoms with Crippen LogP contribution in [0.15, 0.2) is 18.2 Å². The minimum Gasteiger partial charge on any atom is -0.399 e. The predicted molar refractivity (Wildman–Crippen MR) is 71.3 cm³/mol. The van der Waals surface area contributed by atoms with Gasteiger partial charge < -0.3 is 11.1 Å². The van der Waals surface area contributed by atoms with Gasteiger partial charge in [0.05, 0.1) is 0 Å². The average molecular weight is 272 g/mol. The lowest BCUT2D eigenvalue weighted by atomic mass is 10.1. The molecule has 18 heavy (non-hydrogen) atoms. The first-order chi connectivity index (χ1) is 8.38. The van der Waals surface area contributed by atoms with Crippen LogP contribution in [0.4, 0.5) is 10.1 Å². The Bertz CT molecular complexity index is 445. The maximum atomic E-state index is 13.1. The van der Waals surface area contributed by atoms with Crippen molar-refractivity contribution in [2.75, 3.05) is 17.7 Å². The largest absolute Gasteiger partial charge is 0.399 e. The van der Waals surface area contributed by atoms with Crippen molar-refractivity contribution in [3.05, 3.63) is 29.6 Å². The molecular formula is C12H17FN2O2S. The Hall–Kier alpha value is -1.43. The van der Waals surface area contributed by atoms with Crippen molar-refractivity contribution in [3.8, 4) is 0 Å². The quantitative estimate of drug-likeness (QED) is 0.793. The van der Waals surface area contributed by atoms with Gasteiger partial charge >= 0.3 is 0 Å². The number of nitrogens with two attached hydrogens (primary N) is 1. The lowest BCUT2D eigenvalue weighted by molar-refractivity contribution is 0.0939. The molecule has 1 aromatic carbocycles. The molecule has 1 rings (SSSR count). The van der Waals surface area contributed by atoms with Crippen molar-refractivity contribution in [1.29, 1.82) is 0 Å². The number of rotatable bonds is 5. The molecule has 100 valence electrons. The molecule has 0 aliphatic carbocycles. The van der Waals surface area contributed by atoms with Crippen molar-refractivity contribution in [2.45, 2.75) is 19.4 Å². The van der Waals surface area contributed by atoms with Crippen LogP contribution in [0.3, 0.4) is 0 Å².